The number of para-hydroxylation sites is 1. The van der Waals surface area contributed by atoms with Crippen molar-refractivity contribution in [3.05, 3.63) is 194 Å². The lowest BCUT2D eigenvalue weighted by molar-refractivity contribution is -0.657. The van der Waals surface area contributed by atoms with Gasteiger partial charge in [0.15, 0.2) is 76.0 Å². The van der Waals surface area contributed by atoms with Gasteiger partial charge in [-0.15, -0.1) is 21.9 Å². The average Bonchev–Trinajstić information content (AvgIpc) is 3.31. The molecule has 0 aliphatic rings. The first-order valence-electron chi connectivity index (χ1n) is 17.8. The van der Waals surface area contributed by atoms with E-state index in [4.69, 9.17) is 0 Å². The summed E-state index contributed by atoms with van der Waals surface area (Å²) in [7, 11) is 0. The Morgan fingerprint density at radius 2 is 0.672 bits per heavy atom. The maximum absolute atomic E-state index is 15.4. The smallest absolute Gasteiger partial charge is 0.341 e. The van der Waals surface area contributed by atoms with Gasteiger partial charge < -0.3 is 5.11 Å². The van der Waals surface area contributed by atoms with Crippen molar-refractivity contribution in [2.24, 2.45) is 0 Å². The van der Waals surface area contributed by atoms with Crippen molar-refractivity contribution in [3.63, 3.8) is 0 Å². The maximum atomic E-state index is 15.4. The molecule has 0 amide bonds. The SMILES string of the molecule is Fc1c(F)c(F)c([B-](c2c(F)c(F)c(F)c(F)c2F)(c2c(F)c(F)c(F)c(F)c2F)c2c(F)c(F)c(F)c(F)c2F)c(F)c1F.O=C(O)c1cc2ccccc2[n+](CC(=O)c2ccccc2)c1. The number of hydrogen-bond donors (Lipinski definition) is 1. The lowest BCUT2D eigenvalue weighted by Gasteiger charge is -2.44. The van der Waals surface area contributed by atoms with Gasteiger partial charge in [-0.1, -0.05) is 42.5 Å². The number of hydrogen-bond acceptors (Lipinski definition) is 2. The Labute approximate surface area is 358 Å². The number of carboxylic acids is 1. The fraction of sp³-hybridized carbons (Fsp3) is 0.0238. The number of pyridine rings is 1. The van der Waals surface area contributed by atoms with E-state index in [0.717, 1.165) is 10.9 Å². The quantitative estimate of drug-likeness (QED) is 0.0415. The lowest BCUT2D eigenvalue weighted by Crippen LogP contribution is -2.81. The number of carboxylic acid groups (broad SMARTS) is 1. The van der Waals surface area contributed by atoms with E-state index >= 15 is 35.1 Å². The summed E-state index contributed by atoms with van der Waals surface area (Å²) in [5.74, 6) is -72.5. The van der Waals surface area contributed by atoms with Gasteiger partial charge in [0.1, 0.15) is 58.2 Å². The third-order valence-corrected chi connectivity index (χ3v) is 10.2. The van der Waals surface area contributed by atoms with E-state index in [1.54, 1.807) is 22.8 Å². The molecule has 1 N–H and O–H groups in total. The predicted molar refractivity (Wildman–Crippen MR) is 191 cm³/mol. The van der Waals surface area contributed by atoms with Crippen LogP contribution in [0.1, 0.15) is 20.7 Å². The monoisotopic (exact) mass is 971 g/mol. The Morgan fingerprint density at radius 1 is 0.388 bits per heavy atom. The molecule has 0 unspecified atom stereocenters. The Bertz CT molecular complexity index is 2840. The van der Waals surface area contributed by atoms with E-state index in [0.29, 0.717) is 5.56 Å². The number of fused-ring (bicyclic) bond motifs is 1. The molecule has 4 nitrogen and oxygen atoms in total. The van der Waals surface area contributed by atoms with Crippen LogP contribution in [0.15, 0.2) is 66.9 Å². The molecular weight excluding hydrogens is 957 g/mol. The highest BCUT2D eigenvalue weighted by Crippen LogP contribution is 2.31. The molecule has 25 heteroatoms. The highest BCUT2D eigenvalue weighted by Gasteiger charge is 2.52. The molecule has 0 fully saturated rings. The number of halogens is 20. The fourth-order valence-corrected chi connectivity index (χ4v) is 7.31. The molecule has 0 aliphatic heterocycles. The standard InChI is InChI=1S/C24BF20.C18H13NO3/c26-5-1(6(27)14(35)21(42)13(5)34)25(2-7(28)15(36)22(43)16(37)8(2)29,3-9(30)17(38)23(44)18(39)10(3)31)4-11(32)19(40)24(45)20(41)12(4)33;20-17(13-6-2-1-3-7-13)12-19-11-15(18(21)22)10-14-8-4-5-9-16(14)19/h;1-11H,12H2/q-1;/p+1. The van der Waals surface area contributed by atoms with E-state index in [-0.39, 0.29) is 17.9 Å². The van der Waals surface area contributed by atoms with Crippen LogP contribution in [-0.2, 0) is 6.54 Å². The Morgan fingerprint density at radius 3 is 0.985 bits per heavy atom. The second-order valence-electron chi connectivity index (χ2n) is 13.8. The fourth-order valence-electron chi connectivity index (χ4n) is 7.31. The van der Waals surface area contributed by atoms with Crippen molar-refractivity contribution < 1.29 is 107 Å². The summed E-state index contributed by atoms with van der Waals surface area (Å²) in [6, 6.07) is 18.0. The number of benzene rings is 6. The third-order valence-electron chi connectivity index (χ3n) is 10.2. The first-order valence-corrected chi connectivity index (χ1v) is 17.8. The zero-order valence-electron chi connectivity index (χ0n) is 31.9. The molecule has 6 aromatic carbocycles. The van der Waals surface area contributed by atoms with Crippen LogP contribution >= 0.6 is 0 Å². The second-order valence-corrected chi connectivity index (χ2v) is 13.8. The van der Waals surface area contributed by atoms with E-state index in [2.05, 4.69) is 0 Å². The summed E-state index contributed by atoms with van der Waals surface area (Å²) in [4.78, 5) is 23.6. The van der Waals surface area contributed by atoms with Gasteiger partial charge in [-0.3, -0.25) is 4.79 Å². The van der Waals surface area contributed by atoms with Gasteiger partial charge in [-0.25, -0.2) is 92.6 Å². The number of carbonyl (C=O) groups is 2. The number of rotatable bonds is 8. The highest BCUT2D eigenvalue weighted by atomic mass is 19.2. The summed E-state index contributed by atoms with van der Waals surface area (Å²) in [6.07, 6.45) is -5.71. The van der Waals surface area contributed by atoms with Gasteiger partial charge in [0, 0.05) is 17.0 Å². The zero-order valence-corrected chi connectivity index (χ0v) is 31.9. The van der Waals surface area contributed by atoms with Gasteiger partial charge in [0.2, 0.25) is 17.8 Å². The molecule has 7 rings (SSSR count). The molecule has 1 aromatic heterocycles. The summed E-state index contributed by atoms with van der Waals surface area (Å²) < 4.78 is 296. The number of Topliss-reactive ketones (excluding diaryl/α,β-unsaturated/α-hetero) is 1. The van der Waals surface area contributed by atoms with Crippen molar-refractivity contribution in [1.82, 2.24) is 0 Å². The van der Waals surface area contributed by atoms with Crippen molar-refractivity contribution in [2.75, 3.05) is 0 Å². The molecule has 0 radical (unpaired) electrons. The normalized spacial score (nSPS) is 11.5. The van der Waals surface area contributed by atoms with Gasteiger partial charge in [0.25, 0.3) is 0 Å². The predicted octanol–water partition coefficient (Wildman–Crippen LogP) is 8.55. The number of ketones is 1. The van der Waals surface area contributed by atoms with Crippen molar-refractivity contribution >= 4 is 50.7 Å². The number of aromatic carboxylic acids is 1. The number of nitrogens with zero attached hydrogens (tertiary/aromatic N) is 1. The molecule has 67 heavy (non-hydrogen) atoms. The molecule has 1 heterocycles. The Kier molecular flexibility index (Phi) is 13.2. The highest BCUT2D eigenvalue weighted by molar-refractivity contribution is 7.20. The minimum absolute atomic E-state index is 0.0571. The van der Waals surface area contributed by atoms with Crippen LogP contribution in [-0.4, -0.2) is 23.0 Å². The molecule has 348 valence electrons. The number of carbonyl (C=O) groups excluding carboxylic acids is 1. The molecule has 0 saturated carbocycles. The first kappa shape index (κ1) is 49.0. The largest absolute Gasteiger partial charge is 0.477 e. The van der Waals surface area contributed by atoms with Gasteiger partial charge >= 0.3 is 5.97 Å². The zero-order chi connectivity index (χ0) is 49.9. The van der Waals surface area contributed by atoms with E-state index in [1.807, 2.05) is 42.5 Å². The summed E-state index contributed by atoms with van der Waals surface area (Å²) >= 11 is 0. The Hall–Kier alpha value is -7.47. The number of aromatic nitrogens is 1. The average molecular weight is 971 g/mol. The molecule has 0 spiro atoms. The summed E-state index contributed by atoms with van der Waals surface area (Å²) in [6.45, 7) is 0.103. The van der Waals surface area contributed by atoms with Crippen LogP contribution in [0, 0.1) is 116 Å². The minimum Gasteiger partial charge on any atom is -0.477 e. The lowest BCUT2D eigenvalue weighted by atomic mass is 9.12. The molecule has 0 atom stereocenters. The third kappa shape index (κ3) is 7.73. The minimum atomic E-state index is -7.22. The second kappa shape index (κ2) is 18.1. The van der Waals surface area contributed by atoms with Gasteiger partial charge in [0.05, 0.1) is 0 Å². The van der Waals surface area contributed by atoms with Gasteiger partial charge in [-0.05, 0) is 12.1 Å². The Balaban J connectivity index is 0.000000279. The molecule has 0 bridgehead atoms. The molecule has 0 aliphatic carbocycles. The van der Waals surface area contributed by atoms with Crippen LogP contribution in [0.3, 0.4) is 0 Å². The van der Waals surface area contributed by atoms with Crippen molar-refractivity contribution in [1.29, 1.82) is 0 Å². The van der Waals surface area contributed by atoms with Crippen LogP contribution in [0.25, 0.3) is 10.9 Å². The molecular formula is C42H14BF20NO3. The molecule has 0 saturated heterocycles. The van der Waals surface area contributed by atoms with E-state index < -0.39 is 150 Å². The van der Waals surface area contributed by atoms with Crippen LogP contribution in [0.4, 0.5) is 87.8 Å². The van der Waals surface area contributed by atoms with Crippen molar-refractivity contribution in [2.45, 2.75) is 6.54 Å². The summed E-state index contributed by atoms with van der Waals surface area (Å²) in [5, 5.41) is 10.0. The van der Waals surface area contributed by atoms with Gasteiger partial charge in [-0.2, -0.15) is 4.57 Å². The topological polar surface area (TPSA) is 58.2 Å². The maximum Gasteiger partial charge on any atom is 0.341 e. The van der Waals surface area contributed by atoms with Crippen molar-refractivity contribution in [3.8, 4) is 0 Å². The van der Waals surface area contributed by atoms with Crippen LogP contribution in [0.2, 0.25) is 0 Å². The van der Waals surface area contributed by atoms with Crippen LogP contribution < -0.4 is 26.4 Å². The van der Waals surface area contributed by atoms with E-state index in [1.165, 1.54) is 6.20 Å². The van der Waals surface area contributed by atoms with Crippen LogP contribution in [0.5, 0.6) is 0 Å². The first-order chi connectivity index (χ1) is 31.3. The molecule has 7 aromatic rings. The summed E-state index contributed by atoms with van der Waals surface area (Å²) in [5.41, 5.74) is -12.7. The van der Waals surface area contributed by atoms with E-state index in [9.17, 15) is 67.4 Å².